The van der Waals surface area contributed by atoms with Crippen molar-refractivity contribution in [1.29, 1.82) is 0 Å². The molecule has 2 saturated heterocycles. The molecule has 3 atom stereocenters. The second kappa shape index (κ2) is 11.5. The summed E-state index contributed by atoms with van der Waals surface area (Å²) in [4.78, 5) is 37.5. The van der Waals surface area contributed by atoms with E-state index < -0.39 is 41.0 Å². The van der Waals surface area contributed by atoms with Crippen LogP contribution in [0, 0.1) is 0 Å². The Bertz CT molecular complexity index is 660. The van der Waals surface area contributed by atoms with Crippen molar-refractivity contribution in [3.8, 4) is 0 Å². The molecule has 0 amide bonds. The van der Waals surface area contributed by atoms with Crippen LogP contribution in [0.3, 0.4) is 0 Å². The molecule has 8 heteroatoms. The highest BCUT2D eigenvalue weighted by Gasteiger charge is 2.78. The molecule has 0 spiro atoms. The van der Waals surface area contributed by atoms with Gasteiger partial charge in [0.1, 0.15) is 0 Å². The molecular formula is C24H40O8. The fourth-order valence-electron chi connectivity index (χ4n) is 4.71. The molecule has 0 bridgehead atoms. The van der Waals surface area contributed by atoms with Crippen molar-refractivity contribution in [2.75, 3.05) is 13.7 Å². The van der Waals surface area contributed by atoms with Crippen molar-refractivity contribution in [3.05, 3.63) is 0 Å². The largest absolute Gasteiger partial charge is 0.467 e. The van der Waals surface area contributed by atoms with Crippen molar-refractivity contribution >= 4 is 17.9 Å². The molecule has 0 N–H and O–H groups in total. The number of carbonyl (C=O) groups excluding carboxylic acids is 3. The fourth-order valence-corrected chi connectivity index (χ4v) is 4.71. The first kappa shape index (κ1) is 26.6. The van der Waals surface area contributed by atoms with Gasteiger partial charge in [0.05, 0.1) is 13.7 Å². The molecule has 0 saturated carbocycles. The van der Waals surface area contributed by atoms with Crippen LogP contribution in [0.4, 0.5) is 0 Å². The van der Waals surface area contributed by atoms with Crippen molar-refractivity contribution in [2.24, 2.45) is 0 Å². The van der Waals surface area contributed by atoms with E-state index in [-0.39, 0.29) is 6.61 Å². The van der Waals surface area contributed by atoms with Crippen LogP contribution in [-0.2, 0) is 38.1 Å². The number of hydrogen-bond donors (Lipinski definition) is 0. The molecule has 0 aromatic carbocycles. The third-order valence-corrected chi connectivity index (χ3v) is 6.32. The van der Waals surface area contributed by atoms with Gasteiger partial charge >= 0.3 is 17.9 Å². The Kier molecular flexibility index (Phi) is 9.52. The quantitative estimate of drug-likeness (QED) is 0.231. The third kappa shape index (κ3) is 5.81. The molecule has 2 fully saturated rings. The number of methoxy groups -OCH3 is 1. The Morgan fingerprint density at radius 1 is 1.00 bits per heavy atom. The van der Waals surface area contributed by atoms with E-state index in [0.29, 0.717) is 12.8 Å². The van der Waals surface area contributed by atoms with Crippen molar-refractivity contribution in [3.63, 3.8) is 0 Å². The average Bonchev–Trinajstić information content (AvgIpc) is 2.96. The zero-order valence-corrected chi connectivity index (χ0v) is 20.3. The summed E-state index contributed by atoms with van der Waals surface area (Å²) in [5.74, 6) is -3.53. The fraction of sp³-hybridized carbons (Fsp3) is 0.875. The number of rotatable bonds is 13. The summed E-state index contributed by atoms with van der Waals surface area (Å²) in [6.45, 7) is 6.61. The lowest BCUT2D eigenvalue weighted by Gasteiger charge is -2.50. The minimum absolute atomic E-state index is 0.0456. The highest BCUT2D eigenvalue weighted by Crippen LogP contribution is 2.51. The molecular weight excluding hydrogens is 416 g/mol. The number of hydrogen-bond acceptors (Lipinski definition) is 8. The summed E-state index contributed by atoms with van der Waals surface area (Å²) in [5.41, 5.74) is -3.32. The van der Waals surface area contributed by atoms with E-state index in [1.54, 1.807) is 13.8 Å². The lowest BCUT2D eigenvalue weighted by atomic mass is 9.76. The van der Waals surface area contributed by atoms with Gasteiger partial charge in [-0.15, -0.1) is 0 Å². The van der Waals surface area contributed by atoms with Crippen LogP contribution in [-0.4, -0.2) is 54.7 Å². The normalized spacial score (nSPS) is 28.7. The second-order valence-electron chi connectivity index (χ2n) is 9.35. The summed E-state index contributed by atoms with van der Waals surface area (Å²) in [6.07, 6.45) is 10.3. The van der Waals surface area contributed by atoms with Gasteiger partial charge < -0.3 is 23.7 Å². The van der Waals surface area contributed by atoms with E-state index in [9.17, 15) is 14.4 Å². The number of carbonyl (C=O) groups is 3. The van der Waals surface area contributed by atoms with Gasteiger partial charge in [-0.2, -0.15) is 0 Å². The summed E-state index contributed by atoms with van der Waals surface area (Å²) in [7, 11) is 1.21. The Hall–Kier alpha value is -1.67. The molecule has 8 nitrogen and oxygen atoms in total. The van der Waals surface area contributed by atoms with E-state index in [1.165, 1.54) is 52.6 Å². The minimum Gasteiger partial charge on any atom is -0.467 e. The maximum atomic E-state index is 13.1. The second-order valence-corrected chi connectivity index (χ2v) is 9.35. The van der Waals surface area contributed by atoms with E-state index in [0.717, 1.165) is 19.3 Å². The Labute approximate surface area is 191 Å². The van der Waals surface area contributed by atoms with Gasteiger partial charge in [0, 0.05) is 6.92 Å². The van der Waals surface area contributed by atoms with Crippen LogP contribution in [0.5, 0.6) is 0 Å². The standard InChI is InChI=1S/C24H40O8/c1-6-7-8-9-10-11-12-13-14-15-16-23-17-29-22(3,4)32-24(23,21(27)28-5)19(20(26)31-23)30-18(2)25/h19H,6-17H2,1-5H3/t19-,23+,24-/m1/s1. The van der Waals surface area contributed by atoms with Crippen molar-refractivity contribution in [2.45, 2.75) is 121 Å². The first-order valence-electron chi connectivity index (χ1n) is 12.0. The van der Waals surface area contributed by atoms with E-state index in [4.69, 9.17) is 23.7 Å². The van der Waals surface area contributed by atoms with E-state index >= 15 is 0 Å². The molecule has 184 valence electrons. The summed E-state index contributed by atoms with van der Waals surface area (Å²) < 4.78 is 27.8. The Balaban J connectivity index is 2.06. The zero-order valence-electron chi connectivity index (χ0n) is 20.3. The van der Waals surface area contributed by atoms with Crippen LogP contribution in [0.1, 0.15) is 98.3 Å². The van der Waals surface area contributed by atoms with Crippen molar-refractivity contribution < 1.29 is 38.1 Å². The van der Waals surface area contributed by atoms with Gasteiger partial charge in [0.2, 0.25) is 6.10 Å². The summed E-state index contributed by atoms with van der Waals surface area (Å²) in [6, 6.07) is 0. The molecule has 2 aliphatic heterocycles. The van der Waals surface area contributed by atoms with Crippen LogP contribution in [0.15, 0.2) is 0 Å². The molecule has 32 heavy (non-hydrogen) atoms. The van der Waals surface area contributed by atoms with Crippen LogP contribution in [0.25, 0.3) is 0 Å². The molecule has 0 unspecified atom stereocenters. The SMILES string of the molecule is CCCCCCCCCCCC[C@]12COC(C)(C)O[C@@]1(C(=O)OC)[C@H](OC(C)=O)C(=O)O2. The number of unbranched alkanes of at least 4 members (excludes halogenated alkanes) is 9. The predicted molar refractivity (Wildman–Crippen MR) is 117 cm³/mol. The van der Waals surface area contributed by atoms with Crippen LogP contribution < -0.4 is 0 Å². The van der Waals surface area contributed by atoms with Gasteiger partial charge in [-0.1, -0.05) is 64.7 Å². The maximum absolute atomic E-state index is 13.1. The maximum Gasteiger partial charge on any atom is 0.352 e. The van der Waals surface area contributed by atoms with Crippen molar-refractivity contribution in [1.82, 2.24) is 0 Å². The molecule has 2 aliphatic rings. The smallest absolute Gasteiger partial charge is 0.352 e. The van der Waals surface area contributed by atoms with E-state index in [1.807, 2.05) is 0 Å². The van der Waals surface area contributed by atoms with Gasteiger partial charge in [-0.25, -0.2) is 9.59 Å². The predicted octanol–water partition coefficient (Wildman–Crippen LogP) is 4.22. The first-order chi connectivity index (χ1) is 15.1. The highest BCUT2D eigenvalue weighted by atomic mass is 16.8. The van der Waals surface area contributed by atoms with Gasteiger partial charge in [0.15, 0.2) is 11.4 Å². The monoisotopic (exact) mass is 456 g/mol. The molecule has 0 aliphatic carbocycles. The van der Waals surface area contributed by atoms with Gasteiger partial charge in [-0.3, -0.25) is 4.79 Å². The number of esters is 3. The Morgan fingerprint density at radius 2 is 1.56 bits per heavy atom. The topological polar surface area (TPSA) is 97.4 Å². The third-order valence-electron chi connectivity index (χ3n) is 6.32. The zero-order chi connectivity index (χ0) is 23.8. The molecule has 0 radical (unpaired) electrons. The Morgan fingerprint density at radius 3 is 2.09 bits per heavy atom. The average molecular weight is 457 g/mol. The van der Waals surface area contributed by atoms with Crippen LogP contribution >= 0.6 is 0 Å². The molecule has 2 rings (SSSR count). The number of fused-ring (bicyclic) bond motifs is 1. The molecule has 2 heterocycles. The van der Waals surface area contributed by atoms with Gasteiger partial charge in [-0.05, 0) is 26.7 Å². The lowest BCUT2D eigenvalue weighted by molar-refractivity contribution is -0.361. The number of ether oxygens (including phenoxy) is 5. The van der Waals surface area contributed by atoms with Crippen LogP contribution in [0.2, 0.25) is 0 Å². The molecule has 0 aromatic heterocycles. The minimum atomic E-state index is -1.91. The lowest BCUT2D eigenvalue weighted by Crippen LogP contribution is -2.72. The highest BCUT2D eigenvalue weighted by molar-refractivity contribution is 5.96. The van der Waals surface area contributed by atoms with Gasteiger partial charge in [0.25, 0.3) is 5.60 Å². The van der Waals surface area contributed by atoms with E-state index in [2.05, 4.69) is 6.92 Å². The summed E-state index contributed by atoms with van der Waals surface area (Å²) >= 11 is 0. The summed E-state index contributed by atoms with van der Waals surface area (Å²) in [5, 5.41) is 0. The molecule has 0 aromatic rings. The first-order valence-corrected chi connectivity index (χ1v) is 12.0.